The zero-order chi connectivity index (χ0) is 13.8. The summed E-state index contributed by atoms with van der Waals surface area (Å²) < 4.78 is 0. The normalized spacial score (nSPS) is 29.1. The van der Waals surface area contributed by atoms with Crippen molar-refractivity contribution in [2.45, 2.75) is 64.5 Å². The van der Waals surface area contributed by atoms with Gasteiger partial charge in [0.25, 0.3) is 0 Å². The largest absolute Gasteiger partial charge is 0.394 e. The van der Waals surface area contributed by atoms with Gasteiger partial charge >= 0.3 is 0 Å². The summed E-state index contributed by atoms with van der Waals surface area (Å²) in [5, 5.41) is 15.8. The minimum absolute atomic E-state index is 0.0199. The third kappa shape index (κ3) is 4.94. The van der Waals surface area contributed by atoms with E-state index in [0.29, 0.717) is 12.5 Å². The highest BCUT2D eigenvalue weighted by Crippen LogP contribution is 2.31. The molecule has 1 fully saturated rings. The lowest BCUT2D eigenvalue weighted by Gasteiger charge is -2.39. The maximum atomic E-state index is 11.9. The lowest BCUT2D eigenvalue weighted by atomic mass is 9.77. The zero-order valence-corrected chi connectivity index (χ0v) is 12.2. The molecule has 18 heavy (non-hydrogen) atoms. The van der Waals surface area contributed by atoms with Gasteiger partial charge in [0.2, 0.25) is 5.91 Å². The van der Waals surface area contributed by atoms with Gasteiger partial charge in [0, 0.05) is 5.54 Å². The van der Waals surface area contributed by atoms with E-state index < -0.39 is 0 Å². The van der Waals surface area contributed by atoms with E-state index in [9.17, 15) is 9.90 Å². The first-order valence-corrected chi connectivity index (χ1v) is 6.93. The Bertz CT molecular complexity index is 276. The first-order valence-electron chi connectivity index (χ1n) is 6.93. The molecule has 0 bridgehead atoms. The molecule has 4 heteroatoms. The van der Waals surface area contributed by atoms with Crippen molar-refractivity contribution in [1.82, 2.24) is 10.6 Å². The van der Waals surface area contributed by atoms with E-state index in [1.165, 1.54) is 0 Å². The van der Waals surface area contributed by atoms with Gasteiger partial charge in [-0.1, -0.05) is 6.92 Å². The first kappa shape index (κ1) is 15.4. The van der Waals surface area contributed by atoms with Gasteiger partial charge in [0.1, 0.15) is 0 Å². The molecule has 0 aromatic heterocycles. The maximum absolute atomic E-state index is 11.9. The second-order valence-corrected chi connectivity index (χ2v) is 6.77. The van der Waals surface area contributed by atoms with Gasteiger partial charge in [-0.3, -0.25) is 4.79 Å². The average Bonchev–Trinajstić information content (AvgIpc) is 2.29. The van der Waals surface area contributed by atoms with Crippen LogP contribution in [0.25, 0.3) is 0 Å². The highest BCUT2D eigenvalue weighted by Gasteiger charge is 2.34. The van der Waals surface area contributed by atoms with Crippen LogP contribution in [-0.2, 0) is 4.79 Å². The summed E-state index contributed by atoms with van der Waals surface area (Å²) in [6.07, 6.45) is 3.92. The molecule has 0 saturated heterocycles. The van der Waals surface area contributed by atoms with Gasteiger partial charge in [-0.15, -0.1) is 0 Å². The molecule has 0 unspecified atom stereocenters. The predicted octanol–water partition coefficient (Wildman–Crippen LogP) is 1.43. The Morgan fingerprint density at radius 1 is 1.33 bits per heavy atom. The minimum Gasteiger partial charge on any atom is -0.394 e. The molecular formula is C14H28N2O2. The number of aliphatic hydroxyl groups is 1. The van der Waals surface area contributed by atoms with Crippen molar-refractivity contribution in [2.24, 2.45) is 5.92 Å². The minimum atomic E-state index is -0.386. The SMILES string of the molecule is CC1CCC(CO)(NC(=O)CNC(C)(C)C)CC1. The van der Waals surface area contributed by atoms with Crippen LogP contribution in [0.15, 0.2) is 0 Å². The summed E-state index contributed by atoms with van der Waals surface area (Å²) in [5.74, 6) is 0.683. The van der Waals surface area contributed by atoms with E-state index in [4.69, 9.17) is 0 Å². The fraction of sp³-hybridized carbons (Fsp3) is 0.929. The number of hydrogen-bond acceptors (Lipinski definition) is 3. The Labute approximate surface area is 111 Å². The maximum Gasteiger partial charge on any atom is 0.234 e. The van der Waals surface area contributed by atoms with Gasteiger partial charge < -0.3 is 15.7 Å². The predicted molar refractivity (Wildman–Crippen MR) is 73.3 cm³/mol. The van der Waals surface area contributed by atoms with Crippen LogP contribution in [0.3, 0.4) is 0 Å². The van der Waals surface area contributed by atoms with Crippen LogP contribution in [0.5, 0.6) is 0 Å². The van der Waals surface area contributed by atoms with E-state index in [2.05, 4.69) is 17.6 Å². The third-order valence-corrected chi connectivity index (χ3v) is 3.72. The molecule has 1 amide bonds. The van der Waals surface area contributed by atoms with Crippen molar-refractivity contribution in [3.05, 3.63) is 0 Å². The standard InChI is InChI=1S/C14H28N2O2/c1-11-5-7-14(10-17,8-6-11)16-12(18)9-15-13(2,3)4/h11,15,17H,5-10H2,1-4H3,(H,16,18). The molecule has 0 spiro atoms. The summed E-state index contributed by atoms with van der Waals surface area (Å²) in [5.41, 5.74) is -0.450. The lowest BCUT2D eigenvalue weighted by molar-refractivity contribution is -0.123. The molecule has 1 rings (SSSR count). The number of carbonyl (C=O) groups is 1. The van der Waals surface area contributed by atoms with Crippen molar-refractivity contribution in [1.29, 1.82) is 0 Å². The van der Waals surface area contributed by atoms with Crippen LogP contribution in [0.4, 0.5) is 0 Å². The molecule has 3 N–H and O–H groups in total. The highest BCUT2D eigenvalue weighted by molar-refractivity contribution is 5.79. The van der Waals surface area contributed by atoms with E-state index in [1.807, 2.05) is 20.8 Å². The molecule has 0 aromatic carbocycles. The Hall–Kier alpha value is -0.610. The van der Waals surface area contributed by atoms with E-state index in [-0.39, 0.29) is 23.6 Å². The summed E-state index contributed by atoms with van der Waals surface area (Å²) in [4.78, 5) is 11.9. The summed E-state index contributed by atoms with van der Waals surface area (Å²) in [6.45, 7) is 8.67. The second-order valence-electron chi connectivity index (χ2n) is 6.77. The topological polar surface area (TPSA) is 61.4 Å². The van der Waals surface area contributed by atoms with Crippen LogP contribution < -0.4 is 10.6 Å². The number of carbonyl (C=O) groups excluding carboxylic acids is 1. The fourth-order valence-corrected chi connectivity index (χ4v) is 2.32. The number of amides is 1. The quantitative estimate of drug-likeness (QED) is 0.713. The molecule has 4 nitrogen and oxygen atoms in total. The molecule has 0 heterocycles. The molecule has 106 valence electrons. The summed E-state index contributed by atoms with van der Waals surface area (Å²) in [6, 6.07) is 0. The Morgan fingerprint density at radius 2 is 1.89 bits per heavy atom. The Kier molecular flexibility index (Phi) is 5.17. The molecule has 1 saturated carbocycles. The average molecular weight is 256 g/mol. The van der Waals surface area contributed by atoms with Gasteiger partial charge in [-0.05, 0) is 52.4 Å². The van der Waals surface area contributed by atoms with Crippen molar-refractivity contribution >= 4 is 5.91 Å². The summed E-state index contributed by atoms with van der Waals surface area (Å²) >= 11 is 0. The third-order valence-electron chi connectivity index (χ3n) is 3.72. The number of aliphatic hydroxyl groups excluding tert-OH is 1. The van der Waals surface area contributed by atoms with Gasteiger partial charge in [-0.25, -0.2) is 0 Å². The second kappa shape index (κ2) is 6.02. The Balaban J connectivity index is 2.45. The van der Waals surface area contributed by atoms with Crippen molar-refractivity contribution in [3.63, 3.8) is 0 Å². The van der Waals surface area contributed by atoms with Crippen molar-refractivity contribution in [3.8, 4) is 0 Å². The van der Waals surface area contributed by atoms with E-state index in [1.54, 1.807) is 0 Å². The molecule has 1 aliphatic rings. The van der Waals surface area contributed by atoms with Gasteiger partial charge in [0.15, 0.2) is 0 Å². The molecule has 1 aliphatic carbocycles. The van der Waals surface area contributed by atoms with Crippen LogP contribution in [0, 0.1) is 5.92 Å². The van der Waals surface area contributed by atoms with Crippen molar-refractivity contribution < 1.29 is 9.90 Å². The lowest BCUT2D eigenvalue weighted by Crippen LogP contribution is -2.56. The number of rotatable bonds is 4. The smallest absolute Gasteiger partial charge is 0.234 e. The van der Waals surface area contributed by atoms with E-state index in [0.717, 1.165) is 25.7 Å². The Morgan fingerprint density at radius 3 is 2.33 bits per heavy atom. The molecule has 0 aromatic rings. The molecule has 0 radical (unpaired) electrons. The molecule has 0 atom stereocenters. The number of hydrogen-bond donors (Lipinski definition) is 3. The molecular weight excluding hydrogens is 228 g/mol. The van der Waals surface area contributed by atoms with Crippen LogP contribution in [0.2, 0.25) is 0 Å². The highest BCUT2D eigenvalue weighted by atomic mass is 16.3. The van der Waals surface area contributed by atoms with Crippen molar-refractivity contribution in [2.75, 3.05) is 13.2 Å². The van der Waals surface area contributed by atoms with E-state index >= 15 is 0 Å². The summed E-state index contributed by atoms with van der Waals surface area (Å²) in [7, 11) is 0. The molecule has 0 aliphatic heterocycles. The van der Waals surface area contributed by atoms with Crippen LogP contribution in [0.1, 0.15) is 53.4 Å². The van der Waals surface area contributed by atoms with Gasteiger partial charge in [0.05, 0.1) is 18.7 Å². The van der Waals surface area contributed by atoms with Gasteiger partial charge in [-0.2, -0.15) is 0 Å². The zero-order valence-electron chi connectivity index (χ0n) is 12.2. The fourth-order valence-electron chi connectivity index (χ4n) is 2.32. The monoisotopic (exact) mass is 256 g/mol. The number of nitrogens with one attached hydrogen (secondary N) is 2. The van der Waals surface area contributed by atoms with Crippen LogP contribution >= 0.6 is 0 Å². The first-order chi connectivity index (χ1) is 8.26. The van der Waals surface area contributed by atoms with Crippen LogP contribution in [-0.4, -0.2) is 35.2 Å².